The predicted molar refractivity (Wildman–Crippen MR) is 25.8 cm³/mol. The van der Waals surface area contributed by atoms with Crippen LogP contribution in [0.2, 0.25) is 0 Å². The summed E-state index contributed by atoms with van der Waals surface area (Å²) < 4.78 is 0. The lowest BCUT2D eigenvalue weighted by molar-refractivity contribution is -0.126. The van der Waals surface area contributed by atoms with Crippen molar-refractivity contribution in [2.24, 2.45) is 0 Å². The van der Waals surface area contributed by atoms with Gasteiger partial charge in [0, 0.05) is 6.08 Å². The highest BCUT2D eigenvalue weighted by atomic mass is 16.2. The lowest BCUT2D eigenvalue weighted by atomic mass is 10.4. The summed E-state index contributed by atoms with van der Waals surface area (Å²) in [6, 6.07) is 1.57. The van der Waals surface area contributed by atoms with Gasteiger partial charge in [-0.1, -0.05) is 0 Å². The van der Waals surface area contributed by atoms with Crippen molar-refractivity contribution in [1.82, 2.24) is 0 Å². The van der Waals surface area contributed by atoms with E-state index in [0.29, 0.717) is 0 Å². The zero-order chi connectivity index (χ0) is 6.41. The molecular formula is C5H3NO2. The number of nitrogens with zero attached hydrogens (tertiary/aromatic N) is 1. The number of hydrogen-bond acceptors (Lipinski definition) is 3. The first-order valence-electron chi connectivity index (χ1n) is 1.86. The number of carbonyl (C=O) groups is 2. The molecule has 0 saturated carbocycles. The molecule has 40 valence electrons. The Labute approximate surface area is 46.2 Å². The lowest BCUT2D eigenvalue weighted by Gasteiger charge is -1.66. The topological polar surface area (TPSA) is 57.9 Å². The fraction of sp³-hybridized carbons (Fsp3) is 0. The van der Waals surface area contributed by atoms with Crippen LogP contribution in [0.5, 0.6) is 0 Å². The van der Waals surface area contributed by atoms with E-state index < -0.39 is 5.78 Å². The molecule has 0 aromatic heterocycles. The third kappa shape index (κ3) is 2.79. The normalized spacial score (nSPS) is 8.38. The molecule has 0 heterocycles. The minimum atomic E-state index is -0.688. The zero-order valence-electron chi connectivity index (χ0n) is 4.00. The van der Waals surface area contributed by atoms with E-state index in [-0.39, 0.29) is 6.29 Å². The Morgan fingerprint density at radius 2 is 2.25 bits per heavy atom. The molecule has 8 heavy (non-hydrogen) atoms. The smallest absolute Gasteiger partial charge is 0.218 e. The van der Waals surface area contributed by atoms with Crippen LogP contribution in [0.4, 0.5) is 0 Å². The zero-order valence-corrected chi connectivity index (χ0v) is 4.00. The van der Waals surface area contributed by atoms with E-state index in [4.69, 9.17) is 5.26 Å². The summed E-state index contributed by atoms with van der Waals surface area (Å²) in [5.41, 5.74) is 0. The van der Waals surface area contributed by atoms with E-state index in [9.17, 15) is 9.59 Å². The number of allylic oxidation sites excluding steroid dienone is 2. The second-order valence-electron chi connectivity index (χ2n) is 0.983. The highest BCUT2D eigenvalue weighted by Crippen LogP contribution is 1.68. The number of rotatable bonds is 2. The van der Waals surface area contributed by atoms with Crippen LogP contribution in [0.15, 0.2) is 12.2 Å². The van der Waals surface area contributed by atoms with Gasteiger partial charge in [-0.3, -0.25) is 9.59 Å². The van der Waals surface area contributed by atoms with Crippen LogP contribution in [0.3, 0.4) is 0 Å². The Morgan fingerprint density at radius 1 is 1.62 bits per heavy atom. The molecule has 0 unspecified atom stereocenters. The summed E-state index contributed by atoms with van der Waals surface area (Å²) in [4.78, 5) is 19.5. The summed E-state index contributed by atoms with van der Waals surface area (Å²) in [5.74, 6) is -0.688. The molecule has 0 bridgehead atoms. The molecule has 0 atom stereocenters. The average molecular weight is 109 g/mol. The van der Waals surface area contributed by atoms with E-state index in [1.54, 1.807) is 6.07 Å². The van der Waals surface area contributed by atoms with Gasteiger partial charge in [-0.25, -0.2) is 0 Å². The van der Waals surface area contributed by atoms with E-state index in [1.165, 1.54) is 0 Å². The van der Waals surface area contributed by atoms with Crippen molar-refractivity contribution in [2.75, 3.05) is 0 Å². The number of ketones is 1. The van der Waals surface area contributed by atoms with Crippen molar-refractivity contribution in [3.63, 3.8) is 0 Å². The van der Waals surface area contributed by atoms with E-state index >= 15 is 0 Å². The Kier molecular flexibility index (Phi) is 3.08. The molecule has 0 radical (unpaired) electrons. The number of nitriles is 1. The molecule has 0 spiro atoms. The van der Waals surface area contributed by atoms with Gasteiger partial charge in [0.2, 0.25) is 5.78 Å². The van der Waals surface area contributed by atoms with Crippen LogP contribution in [0.1, 0.15) is 0 Å². The van der Waals surface area contributed by atoms with Gasteiger partial charge in [0.05, 0.1) is 6.07 Å². The van der Waals surface area contributed by atoms with Crippen LogP contribution in [-0.4, -0.2) is 12.1 Å². The number of carbonyl (C=O) groups excluding carboxylic acids is 2. The maximum Gasteiger partial charge on any atom is 0.218 e. The molecule has 0 N–H and O–H groups in total. The van der Waals surface area contributed by atoms with Crippen molar-refractivity contribution in [3.8, 4) is 6.07 Å². The van der Waals surface area contributed by atoms with Crippen molar-refractivity contribution in [3.05, 3.63) is 12.2 Å². The number of aldehydes is 1. The third-order valence-corrected chi connectivity index (χ3v) is 0.438. The molecular weight excluding hydrogens is 106 g/mol. The van der Waals surface area contributed by atoms with Gasteiger partial charge in [0.1, 0.15) is 0 Å². The molecule has 0 aromatic carbocycles. The van der Waals surface area contributed by atoms with Crippen LogP contribution in [0.25, 0.3) is 0 Å². The van der Waals surface area contributed by atoms with Crippen LogP contribution in [0, 0.1) is 11.3 Å². The molecule has 0 fully saturated rings. The van der Waals surface area contributed by atoms with Gasteiger partial charge in [0.15, 0.2) is 6.29 Å². The molecule has 0 aromatic rings. The minimum absolute atomic E-state index is 0.147. The van der Waals surface area contributed by atoms with Crippen molar-refractivity contribution < 1.29 is 9.59 Å². The summed E-state index contributed by atoms with van der Waals surface area (Å²) >= 11 is 0. The largest absolute Gasteiger partial charge is 0.294 e. The van der Waals surface area contributed by atoms with E-state index in [0.717, 1.165) is 12.2 Å². The minimum Gasteiger partial charge on any atom is -0.294 e. The summed E-state index contributed by atoms with van der Waals surface area (Å²) in [7, 11) is 0. The summed E-state index contributed by atoms with van der Waals surface area (Å²) in [6.07, 6.45) is 2.01. The van der Waals surface area contributed by atoms with E-state index in [2.05, 4.69) is 0 Å². The molecule has 0 aliphatic heterocycles. The highest BCUT2D eigenvalue weighted by Gasteiger charge is 1.85. The predicted octanol–water partition coefficient (Wildman–Crippen LogP) is -0.166. The third-order valence-electron chi connectivity index (χ3n) is 0.438. The van der Waals surface area contributed by atoms with Crippen molar-refractivity contribution in [2.45, 2.75) is 0 Å². The Morgan fingerprint density at radius 3 is 2.62 bits per heavy atom. The Hall–Kier alpha value is -1.43. The first-order valence-corrected chi connectivity index (χ1v) is 1.86. The lowest BCUT2D eigenvalue weighted by Crippen LogP contribution is -1.90. The van der Waals surface area contributed by atoms with Gasteiger partial charge >= 0.3 is 0 Å². The second kappa shape index (κ2) is 3.75. The molecule has 0 saturated heterocycles. The maximum absolute atomic E-state index is 9.96. The number of hydrogen-bond donors (Lipinski definition) is 0. The van der Waals surface area contributed by atoms with Gasteiger partial charge in [-0.15, -0.1) is 0 Å². The van der Waals surface area contributed by atoms with Crippen LogP contribution < -0.4 is 0 Å². The van der Waals surface area contributed by atoms with E-state index in [1.807, 2.05) is 0 Å². The SMILES string of the molecule is N#CC=CC(=O)C=O. The van der Waals surface area contributed by atoms with Gasteiger partial charge < -0.3 is 0 Å². The maximum atomic E-state index is 9.96. The van der Waals surface area contributed by atoms with Gasteiger partial charge in [0.25, 0.3) is 0 Å². The monoisotopic (exact) mass is 109 g/mol. The molecule has 0 amide bonds. The fourth-order valence-corrected chi connectivity index (χ4v) is 0.159. The van der Waals surface area contributed by atoms with Crippen molar-refractivity contribution >= 4 is 12.1 Å². The molecule has 0 rings (SSSR count). The molecule has 0 aliphatic carbocycles. The van der Waals surface area contributed by atoms with Gasteiger partial charge in [-0.2, -0.15) is 5.26 Å². The van der Waals surface area contributed by atoms with Crippen molar-refractivity contribution in [1.29, 1.82) is 5.26 Å². The standard InChI is InChI=1S/C5H3NO2/c6-3-1-2-5(8)4-7/h1-2,4H. The first kappa shape index (κ1) is 6.57. The molecule has 3 nitrogen and oxygen atoms in total. The van der Waals surface area contributed by atoms with Crippen LogP contribution in [-0.2, 0) is 9.59 Å². The summed E-state index contributed by atoms with van der Waals surface area (Å²) in [6.45, 7) is 0. The Balaban J connectivity index is 3.75. The quantitative estimate of drug-likeness (QED) is 0.214. The van der Waals surface area contributed by atoms with Gasteiger partial charge in [-0.05, 0) is 6.08 Å². The van der Waals surface area contributed by atoms with Crippen LogP contribution >= 0.6 is 0 Å². The second-order valence-corrected chi connectivity index (χ2v) is 0.983. The summed E-state index contributed by atoms with van der Waals surface area (Å²) in [5, 5.41) is 7.81. The fourth-order valence-electron chi connectivity index (χ4n) is 0.159. The first-order chi connectivity index (χ1) is 3.81. The molecule has 3 heteroatoms. The molecule has 0 aliphatic rings. The highest BCUT2D eigenvalue weighted by molar-refractivity contribution is 6.30. The Bertz CT molecular complexity index is 164. The average Bonchev–Trinajstić information content (AvgIpc) is 1.83.